The van der Waals surface area contributed by atoms with E-state index >= 15 is 0 Å². The summed E-state index contributed by atoms with van der Waals surface area (Å²) in [5, 5.41) is 4.65. The first-order valence-electron chi connectivity index (χ1n) is 9.27. The predicted molar refractivity (Wildman–Crippen MR) is 116 cm³/mol. The van der Waals surface area contributed by atoms with Gasteiger partial charge in [0.2, 0.25) is 33.7 Å². The Balaban J connectivity index is 1.93. The second-order valence-electron chi connectivity index (χ2n) is 6.92. The molecule has 0 aliphatic rings. The minimum Gasteiger partial charge on any atom is -0.366 e. The Morgan fingerprint density at radius 3 is 1.94 bits per heavy atom. The highest BCUT2D eigenvalue weighted by molar-refractivity contribution is 7.89. The van der Waals surface area contributed by atoms with Crippen LogP contribution in [0.25, 0.3) is 0 Å². The number of aryl methyl sites for hydroxylation is 2. The van der Waals surface area contributed by atoms with Crippen LogP contribution in [0.3, 0.4) is 0 Å². The molecule has 0 heterocycles. The molecule has 0 bridgehead atoms. The van der Waals surface area contributed by atoms with E-state index in [9.17, 15) is 27.6 Å². The molecule has 0 saturated carbocycles. The molecule has 170 valence electrons. The normalized spacial score (nSPS) is 10.9. The van der Waals surface area contributed by atoms with Crippen molar-refractivity contribution in [1.82, 2.24) is 10.0 Å². The number of sulfonamides is 1. The third-order valence-corrected chi connectivity index (χ3v) is 5.84. The molecule has 11 nitrogen and oxygen atoms in total. The van der Waals surface area contributed by atoms with Gasteiger partial charge in [-0.15, -0.1) is 0 Å². The van der Waals surface area contributed by atoms with Crippen LogP contribution in [0.15, 0.2) is 41.3 Å². The van der Waals surface area contributed by atoms with Gasteiger partial charge in [0.25, 0.3) is 0 Å². The van der Waals surface area contributed by atoms with E-state index in [4.69, 9.17) is 11.5 Å². The van der Waals surface area contributed by atoms with Gasteiger partial charge < -0.3 is 22.1 Å². The zero-order chi connectivity index (χ0) is 24.1. The van der Waals surface area contributed by atoms with Crippen molar-refractivity contribution in [2.75, 3.05) is 18.4 Å². The SMILES string of the molecule is Cc1ccc(S(=O)(=O)NCC(=O)NCC(=O)Nc2cc(C(N)=O)cc(C(N)=O)c2)cc1C. The van der Waals surface area contributed by atoms with Crippen molar-refractivity contribution >= 4 is 39.3 Å². The average Bonchev–Trinajstić information content (AvgIpc) is 2.72. The van der Waals surface area contributed by atoms with E-state index in [0.717, 1.165) is 11.1 Å². The lowest BCUT2D eigenvalue weighted by Crippen LogP contribution is -2.40. The van der Waals surface area contributed by atoms with Crippen molar-refractivity contribution in [2.24, 2.45) is 11.5 Å². The number of hydrogen-bond acceptors (Lipinski definition) is 6. The van der Waals surface area contributed by atoms with Gasteiger partial charge in [-0.1, -0.05) is 6.07 Å². The summed E-state index contributed by atoms with van der Waals surface area (Å²) in [5.74, 6) is -3.08. The topological polar surface area (TPSA) is 191 Å². The Morgan fingerprint density at radius 1 is 0.812 bits per heavy atom. The molecule has 2 aromatic carbocycles. The molecule has 2 aromatic rings. The summed E-state index contributed by atoms with van der Waals surface area (Å²) in [5.41, 5.74) is 12.1. The van der Waals surface area contributed by atoms with Gasteiger partial charge in [0.1, 0.15) is 0 Å². The van der Waals surface area contributed by atoms with Gasteiger partial charge in [0, 0.05) is 16.8 Å². The van der Waals surface area contributed by atoms with Gasteiger partial charge in [0.05, 0.1) is 18.0 Å². The summed E-state index contributed by atoms with van der Waals surface area (Å²) in [7, 11) is -3.91. The summed E-state index contributed by atoms with van der Waals surface area (Å²) >= 11 is 0. The van der Waals surface area contributed by atoms with Crippen LogP contribution >= 0.6 is 0 Å². The van der Waals surface area contributed by atoms with Crippen LogP contribution in [0.1, 0.15) is 31.8 Å². The lowest BCUT2D eigenvalue weighted by atomic mass is 10.1. The molecule has 0 aromatic heterocycles. The lowest BCUT2D eigenvalue weighted by molar-refractivity contribution is -0.123. The average molecular weight is 462 g/mol. The molecule has 0 spiro atoms. The van der Waals surface area contributed by atoms with Gasteiger partial charge in [0.15, 0.2) is 0 Å². The number of anilines is 1. The Labute approximate surface area is 184 Å². The fraction of sp³-hybridized carbons (Fsp3) is 0.200. The van der Waals surface area contributed by atoms with Gasteiger partial charge in [-0.3, -0.25) is 19.2 Å². The third-order valence-electron chi connectivity index (χ3n) is 4.44. The number of rotatable bonds is 9. The van der Waals surface area contributed by atoms with Crippen LogP contribution in [0.4, 0.5) is 5.69 Å². The van der Waals surface area contributed by atoms with Gasteiger partial charge in [-0.25, -0.2) is 13.1 Å². The molecule has 2 rings (SSSR count). The van der Waals surface area contributed by atoms with Crippen molar-refractivity contribution in [3.05, 3.63) is 58.7 Å². The van der Waals surface area contributed by atoms with E-state index in [1.807, 2.05) is 6.92 Å². The molecule has 0 aliphatic heterocycles. The Kier molecular flexibility index (Phi) is 7.67. The first-order valence-corrected chi connectivity index (χ1v) is 10.8. The number of carbonyl (C=O) groups excluding carboxylic acids is 4. The molecule has 0 radical (unpaired) electrons. The predicted octanol–water partition coefficient (Wildman–Crippen LogP) is -0.466. The zero-order valence-corrected chi connectivity index (χ0v) is 18.2. The number of benzene rings is 2. The first kappa shape index (κ1) is 24.5. The monoisotopic (exact) mass is 461 g/mol. The van der Waals surface area contributed by atoms with Crippen molar-refractivity contribution in [1.29, 1.82) is 0 Å². The van der Waals surface area contributed by atoms with Crippen LogP contribution in [0.2, 0.25) is 0 Å². The van der Waals surface area contributed by atoms with E-state index in [1.165, 1.54) is 30.3 Å². The Bertz CT molecular complexity index is 1160. The minimum absolute atomic E-state index is 0.0192. The third kappa shape index (κ3) is 6.62. The highest BCUT2D eigenvalue weighted by Crippen LogP contribution is 2.15. The summed E-state index contributed by atoms with van der Waals surface area (Å²) in [6.45, 7) is 2.55. The number of nitrogens with one attached hydrogen (secondary N) is 3. The molecular formula is C20H23N5O6S. The summed E-state index contributed by atoms with van der Waals surface area (Å²) < 4.78 is 26.8. The van der Waals surface area contributed by atoms with Crippen LogP contribution < -0.4 is 26.8 Å². The van der Waals surface area contributed by atoms with Crippen molar-refractivity contribution in [2.45, 2.75) is 18.7 Å². The molecule has 0 saturated heterocycles. The highest BCUT2D eigenvalue weighted by Gasteiger charge is 2.17. The number of primary amides is 2. The van der Waals surface area contributed by atoms with Crippen LogP contribution in [0, 0.1) is 13.8 Å². The summed E-state index contributed by atoms with van der Waals surface area (Å²) in [6.07, 6.45) is 0. The van der Waals surface area contributed by atoms with E-state index in [1.54, 1.807) is 13.0 Å². The molecule has 0 fully saturated rings. The molecule has 4 amide bonds. The van der Waals surface area contributed by atoms with Gasteiger partial charge in [-0.05, 0) is 55.3 Å². The lowest BCUT2D eigenvalue weighted by Gasteiger charge is -2.10. The highest BCUT2D eigenvalue weighted by atomic mass is 32.2. The molecule has 0 aliphatic carbocycles. The zero-order valence-electron chi connectivity index (χ0n) is 17.4. The van der Waals surface area contributed by atoms with E-state index < -0.39 is 46.7 Å². The van der Waals surface area contributed by atoms with E-state index in [-0.39, 0.29) is 21.7 Å². The number of nitrogens with two attached hydrogens (primary N) is 2. The molecule has 32 heavy (non-hydrogen) atoms. The first-order chi connectivity index (χ1) is 14.9. The molecule has 0 unspecified atom stereocenters. The quantitative estimate of drug-likeness (QED) is 0.335. The van der Waals surface area contributed by atoms with Crippen molar-refractivity contribution < 1.29 is 27.6 Å². The number of amides is 4. The standard InChI is InChI=1S/C20H23N5O6S/c1-11-3-4-16(5-12(11)2)32(30,31)24-10-17(26)23-9-18(27)25-15-7-13(19(21)28)6-14(8-15)20(22)29/h3-8,24H,9-10H2,1-2H3,(H2,21,28)(H2,22,29)(H,23,26)(H,25,27). The molecule has 12 heteroatoms. The van der Waals surface area contributed by atoms with Crippen molar-refractivity contribution in [3.63, 3.8) is 0 Å². The fourth-order valence-electron chi connectivity index (χ4n) is 2.56. The Morgan fingerprint density at radius 2 is 1.41 bits per heavy atom. The smallest absolute Gasteiger partial charge is 0.248 e. The largest absolute Gasteiger partial charge is 0.366 e. The van der Waals surface area contributed by atoms with Crippen molar-refractivity contribution in [3.8, 4) is 0 Å². The maximum absolute atomic E-state index is 12.3. The summed E-state index contributed by atoms with van der Waals surface area (Å²) in [4.78, 5) is 46.8. The maximum Gasteiger partial charge on any atom is 0.248 e. The number of carbonyl (C=O) groups is 4. The van der Waals surface area contributed by atoms with Gasteiger partial charge >= 0.3 is 0 Å². The molecule has 0 atom stereocenters. The maximum atomic E-state index is 12.3. The van der Waals surface area contributed by atoms with Crippen LogP contribution in [0.5, 0.6) is 0 Å². The van der Waals surface area contributed by atoms with E-state index in [2.05, 4.69) is 15.4 Å². The second kappa shape index (κ2) is 10.0. The van der Waals surface area contributed by atoms with Crippen LogP contribution in [-0.2, 0) is 19.6 Å². The van der Waals surface area contributed by atoms with E-state index in [0.29, 0.717) is 0 Å². The second-order valence-corrected chi connectivity index (χ2v) is 8.69. The van der Waals surface area contributed by atoms with Crippen LogP contribution in [-0.4, -0.2) is 45.1 Å². The number of hydrogen-bond donors (Lipinski definition) is 5. The fourth-order valence-corrected chi connectivity index (χ4v) is 3.62. The molecular weight excluding hydrogens is 438 g/mol. The Hall–Kier alpha value is -3.77. The summed E-state index contributed by atoms with van der Waals surface area (Å²) in [6, 6.07) is 8.24. The van der Waals surface area contributed by atoms with Gasteiger partial charge in [-0.2, -0.15) is 0 Å². The molecule has 7 N–H and O–H groups in total. The minimum atomic E-state index is -3.91.